The van der Waals surface area contributed by atoms with E-state index in [1.807, 2.05) is 24.3 Å². The van der Waals surface area contributed by atoms with Crippen molar-refractivity contribution in [3.63, 3.8) is 0 Å². The van der Waals surface area contributed by atoms with Crippen LogP contribution in [0, 0.1) is 6.92 Å². The molecule has 2 aromatic rings. The van der Waals surface area contributed by atoms with Gasteiger partial charge in [-0.15, -0.1) is 0 Å². The van der Waals surface area contributed by atoms with Gasteiger partial charge in [0.25, 0.3) is 0 Å². The summed E-state index contributed by atoms with van der Waals surface area (Å²) in [6.07, 6.45) is 1.14. The van der Waals surface area contributed by atoms with Crippen molar-refractivity contribution in [3.05, 3.63) is 47.5 Å². The minimum atomic E-state index is 0.238. The van der Waals surface area contributed by atoms with Crippen molar-refractivity contribution < 1.29 is 18.9 Å². The highest BCUT2D eigenvalue weighted by Gasteiger charge is 2.30. The summed E-state index contributed by atoms with van der Waals surface area (Å²) < 4.78 is 23.2. The largest absolute Gasteiger partial charge is 0.496 e. The van der Waals surface area contributed by atoms with E-state index in [4.69, 9.17) is 18.9 Å². The summed E-state index contributed by atoms with van der Waals surface area (Å²) in [5.41, 5.74) is 2.29. The Hall–Kier alpha value is -2.40. The third kappa shape index (κ3) is 3.58. The van der Waals surface area contributed by atoms with Crippen LogP contribution >= 0.6 is 0 Å². The van der Waals surface area contributed by atoms with Crippen molar-refractivity contribution in [1.29, 1.82) is 0 Å². The van der Waals surface area contributed by atoms with Crippen molar-refractivity contribution in [1.82, 2.24) is 4.90 Å². The Balaban J connectivity index is 1.39. The van der Waals surface area contributed by atoms with Crippen molar-refractivity contribution >= 4 is 0 Å². The van der Waals surface area contributed by atoms with Gasteiger partial charge in [0.15, 0.2) is 11.5 Å². The lowest BCUT2D eigenvalue weighted by Crippen LogP contribution is -2.53. The van der Waals surface area contributed by atoms with Crippen LogP contribution in [0.2, 0.25) is 0 Å². The molecular formula is C21H25NO4. The van der Waals surface area contributed by atoms with Gasteiger partial charge < -0.3 is 18.9 Å². The molecule has 2 aliphatic rings. The average Bonchev–Trinajstić information content (AvgIpc) is 2.85. The molecule has 1 fully saturated rings. The topological polar surface area (TPSA) is 40.2 Å². The summed E-state index contributed by atoms with van der Waals surface area (Å²) >= 11 is 0. The monoisotopic (exact) mass is 355 g/mol. The summed E-state index contributed by atoms with van der Waals surface area (Å²) in [7, 11) is 1.70. The van der Waals surface area contributed by atoms with E-state index in [-0.39, 0.29) is 6.10 Å². The molecule has 2 heterocycles. The van der Waals surface area contributed by atoms with Crippen LogP contribution in [0.1, 0.15) is 17.5 Å². The maximum Gasteiger partial charge on any atom is 0.164 e. The van der Waals surface area contributed by atoms with Gasteiger partial charge in [-0.3, -0.25) is 4.90 Å². The summed E-state index contributed by atoms with van der Waals surface area (Å²) in [5.74, 6) is 3.40. The molecule has 26 heavy (non-hydrogen) atoms. The number of aryl methyl sites for hydroxylation is 1. The van der Waals surface area contributed by atoms with Gasteiger partial charge in [-0.05, 0) is 24.6 Å². The van der Waals surface area contributed by atoms with Gasteiger partial charge in [0.05, 0.1) is 20.3 Å². The zero-order valence-electron chi connectivity index (χ0n) is 15.4. The molecule has 0 aromatic heterocycles. The van der Waals surface area contributed by atoms with Crippen molar-refractivity contribution in [2.24, 2.45) is 0 Å². The quantitative estimate of drug-likeness (QED) is 0.822. The maximum absolute atomic E-state index is 6.10. The fourth-order valence-electron chi connectivity index (χ4n) is 3.38. The van der Waals surface area contributed by atoms with Gasteiger partial charge >= 0.3 is 0 Å². The molecule has 0 N–H and O–H groups in total. The number of fused-ring (bicyclic) bond motifs is 1. The second kappa shape index (κ2) is 7.46. The Morgan fingerprint density at radius 2 is 1.77 bits per heavy atom. The summed E-state index contributed by atoms with van der Waals surface area (Å²) in [6.45, 7) is 6.08. The van der Waals surface area contributed by atoms with Gasteiger partial charge in [-0.2, -0.15) is 0 Å². The van der Waals surface area contributed by atoms with E-state index < -0.39 is 0 Å². The summed E-state index contributed by atoms with van der Waals surface area (Å²) in [6, 6.07) is 12.2. The third-order valence-electron chi connectivity index (χ3n) is 4.86. The van der Waals surface area contributed by atoms with Crippen LogP contribution in [-0.2, 0) is 6.54 Å². The normalized spacial score (nSPS) is 17.3. The number of likely N-dealkylation sites (tertiary alicyclic amines) is 1. The zero-order valence-corrected chi connectivity index (χ0v) is 15.4. The van der Waals surface area contributed by atoms with Crippen LogP contribution in [0.4, 0.5) is 0 Å². The molecular weight excluding hydrogens is 330 g/mol. The molecule has 2 aromatic carbocycles. The molecule has 0 spiro atoms. The number of nitrogens with zero attached hydrogens (tertiary/aromatic N) is 1. The molecule has 0 bridgehead atoms. The second-order valence-corrected chi connectivity index (χ2v) is 6.86. The van der Waals surface area contributed by atoms with Crippen LogP contribution < -0.4 is 18.9 Å². The molecule has 2 aliphatic heterocycles. The van der Waals surface area contributed by atoms with Crippen molar-refractivity contribution in [3.8, 4) is 23.0 Å². The smallest absolute Gasteiger partial charge is 0.164 e. The van der Waals surface area contributed by atoms with E-state index in [1.54, 1.807) is 7.11 Å². The number of para-hydroxylation sites is 1. The number of rotatable bonds is 5. The Labute approximate surface area is 154 Å². The first kappa shape index (κ1) is 17.0. The SMILES string of the molecule is COc1cc2c(cc1CN1CC(Oc3ccccc3C)C1)OCCCO2. The number of hydrogen-bond acceptors (Lipinski definition) is 5. The van der Waals surface area contributed by atoms with E-state index in [1.165, 1.54) is 5.56 Å². The molecule has 1 saturated heterocycles. The Morgan fingerprint density at radius 3 is 2.50 bits per heavy atom. The first-order chi connectivity index (χ1) is 12.7. The van der Waals surface area contributed by atoms with E-state index >= 15 is 0 Å². The van der Waals surface area contributed by atoms with Gasteiger partial charge in [-0.25, -0.2) is 0 Å². The molecule has 0 unspecified atom stereocenters. The highest BCUT2D eigenvalue weighted by Crippen LogP contribution is 2.37. The van der Waals surface area contributed by atoms with E-state index in [0.717, 1.165) is 54.6 Å². The van der Waals surface area contributed by atoms with Crippen LogP contribution in [0.3, 0.4) is 0 Å². The van der Waals surface area contributed by atoms with Crippen molar-refractivity contribution in [2.45, 2.75) is 26.0 Å². The molecule has 0 saturated carbocycles. The molecule has 0 radical (unpaired) electrons. The zero-order chi connectivity index (χ0) is 17.9. The fourth-order valence-corrected chi connectivity index (χ4v) is 3.38. The van der Waals surface area contributed by atoms with E-state index in [2.05, 4.69) is 24.0 Å². The minimum absolute atomic E-state index is 0.238. The second-order valence-electron chi connectivity index (χ2n) is 6.86. The number of hydrogen-bond donors (Lipinski definition) is 0. The predicted octanol–water partition coefficient (Wildman–Crippen LogP) is 3.43. The Morgan fingerprint density at radius 1 is 1.04 bits per heavy atom. The third-order valence-corrected chi connectivity index (χ3v) is 4.86. The Bertz CT molecular complexity index is 771. The minimum Gasteiger partial charge on any atom is -0.496 e. The van der Waals surface area contributed by atoms with E-state index in [0.29, 0.717) is 13.2 Å². The molecule has 0 aliphatic carbocycles. The average molecular weight is 355 g/mol. The first-order valence-electron chi connectivity index (χ1n) is 9.14. The highest BCUT2D eigenvalue weighted by molar-refractivity contribution is 5.51. The molecule has 138 valence electrons. The molecule has 4 rings (SSSR count). The van der Waals surface area contributed by atoms with Crippen LogP contribution in [-0.4, -0.2) is 44.4 Å². The molecule has 5 heteroatoms. The number of methoxy groups -OCH3 is 1. The van der Waals surface area contributed by atoms with Crippen LogP contribution in [0.15, 0.2) is 36.4 Å². The van der Waals surface area contributed by atoms with Gasteiger partial charge in [0.1, 0.15) is 17.6 Å². The molecule has 0 amide bonds. The van der Waals surface area contributed by atoms with Crippen LogP contribution in [0.5, 0.6) is 23.0 Å². The summed E-state index contributed by atoms with van der Waals surface area (Å²) in [4.78, 5) is 2.35. The molecule has 0 atom stereocenters. The van der Waals surface area contributed by atoms with Gasteiger partial charge in [0, 0.05) is 37.7 Å². The first-order valence-corrected chi connectivity index (χ1v) is 9.14. The predicted molar refractivity (Wildman–Crippen MR) is 99.5 cm³/mol. The summed E-state index contributed by atoms with van der Waals surface area (Å²) in [5, 5.41) is 0. The van der Waals surface area contributed by atoms with E-state index in [9.17, 15) is 0 Å². The number of benzene rings is 2. The maximum atomic E-state index is 6.10. The lowest BCUT2D eigenvalue weighted by molar-refractivity contribution is 0.0137. The standard InChI is InChI=1S/C21H25NO4/c1-15-6-3-4-7-18(15)26-17-13-22(14-17)12-16-10-20-21(11-19(16)23-2)25-9-5-8-24-20/h3-4,6-7,10-11,17H,5,8-9,12-14H2,1-2H3. The van der Waals surface area contributed by atoms with Gasteiger partial charge in [-0.1, -0.05) is 18.2 Å². The fraction of sp³-hybridized carbons (Fsp3) is 0.429. The van der Waals surface area contributed by atoms with Gasteiger partial charge in [0.2, 0.25) is 0 Å². The molecule has 5 nitrogen and oxygen atoms in total. The van der Waals surface area contributed by atoms with Crippen LogP contribution in [0.25, 0.3) is 0 Å². The Kier molecular flexibility index (Phi) is 4.89. The van der Waals surface area contributed by atoms with Crippen molar-refractivity contribution in [2.75, 3.05) is 33.4 Å². The lowest BCUT2D eigenvalue weighted by atomic mass is 10.1. The highest BCUT2D eigenvalue weighted by atomic mass is 16.5. The number of ether oxygens (including phenoxy) is 4. The lowest BCUT2D eigenvalue weighted by Gasteiger charge is -2.39.